The summed E-state index contributed by atoms with van der Waals surface area (Å²) in [5.41, 5.74) is -0.402. The van der Waals surface area contributed by atoms with Crippen molar-refractivity contribution in [2.75, 3.05) is 0 Å². The second-order valence-corrected chi connectivity index (χ2v) is 3.33. The maximum atomic E-state index is 10.5. The molecule has 1 rings (SSSR count). The lowest BCUT2D eigenvalue weighted by Gasteiger charge is -2.12. The van der Waals surface area contributed by atoms with Gasteiger partial charge in [-0.25, -0.2) is 4.79 Å². The molecule has 1 fully saturated rings. The Morgan fingerprint density at radius 1 is 1.82 bits per heavy atom. The molecule has 1 heterocycles. The van der Waals surface area contributed by atoms with Crippen molar-refractivity contribution in [2.45, 2.75) is 38.9 Å². The number of epoxide rings is 1. The third-order valence-electron chi connectivity index (χ3n) is 2.65. The molecular weight excluding hydrogens is 144 g/mol. The van der Waals surface area contributed by atoms with Crippen LogP contribution in [0.3, 0.4) is 0 Å². The number of hydrogen-bond donors (Lipinski definition) is 1. The number of hydrogen-bond acceptors (Lipinski definition) is 2. The number of carbonyl (C=O) groups is 1. The summed E-state index contributed by atoms with van der Waals surface area (Å²) in [5.74, 6) is -0.517. The zero-order chi connectivity index (χ0) is 8.65. The van der Waals surface area contributed by atoms with E-state index in [2.05, 4.69) is 0 Å². The molecule has 0 saturated carbocycles. The van der Waals surface area contributed by atoms with E-state index in [1.54, 1.807) is 0 Å². The fraction of sp³-hybridized carbons (Fsp3) is 0.875. The van der Waals surface area contributed by atoms with E-state index in [9.17, 15) is 4.79 Å². The minimum absolute atomic E-state index is 0.323. The molecule has 0 radical (unpaired) electrons. The molecule has 0 aromatic heterocycles. The van der Waals surface area contributed by atoms with Gasteiger partial charge in [-0.1, -0.05) is 20.3 Å². The quantitative estimate of drug-likeness (QED) is 0.629. The first-order valence-corrected chi connectivity index (χ1v) is 3.93. The smallest absolute Gasteiger partial charge is 0.335 e. The molecule has 3 heteroatoms. The Hall–Kier alpha value is -0.570. The summed E-state index contributed by atoms with van der Waals surface area (Å²) >= 11 is 0. The molecule has 3 nitrogen and oxygen atoms in total. The highest BCUT2D eigenvalue weighted by Crippen LogP contribution is 2.43. The number of carboxylic acid groups (broad SMARTS) is 1. The Kier molecular flexibility index (Phi) is 1.92. The molecular formula is C8H14O3. The van der Waals surface area contributed by atoms with Gasteiger partial charge in [-0.15, -0.1) is 0 Å². The van der Waals surface area contributed by atoms with Crippen LogP contribution in [0.25, 0.3) is 0 Å². The fourth-order valence-corrected chi connectivity index (χ4v) is 1.30. The summed E-state index contributed by atoms with van der Waals surface area (Å²) < 4.78 is 5.12. The summed E-state index contributed by atoms with van der Waals surface area (Å²) in [7, 11) is 0. The largest absolute Gasteiger partial charge is 0.479 e. The molecule has 3 atom stereocenters. The van der Waals surface area contributed by atoms with Crippen LogP contribution < -0.4 is 0 Å². The van der Waals surface area contributed by atoms with E-state index < -0.39 is 17.7 Å². The van der Waals surface area contributed by atoms with E-state index in [1.165, 1.54) is 0 Å². The van der Waals surface area contributed by atoms with E-state index in [1.807, 2.05) is 20.8 Å². The molecule has 0 spiro atoms. The van der Waals surface area contributed by atoms with Gasteiger partial charge < -0.3 is 9.84 Å². The minimum Gasteiger partial charge on any atom is -0.479 e. The van der Waals surface area contributed by atoms with Crippen LogP contribution in [-0.4, -0.2) is 22.8 Å². The molecule has 0 aromatic carbocycles. The number of carboxylic acids is 1. The lowest BCUT2D eigenvalue weighted by molar-refractivity contribution is -0.138. The summed E-state index contributed by atoms with van der Waals surface area (Å²) in [5, 5.41) is 8.61. The van der Waals surface area contributed by atoms with Crippen molar-refractivity contribution in [3.05, 3.63) is 0 Å². The number of ether oxygens (including phenoxy) is 1. The van der Waals surface area contributed by atoms with Crippen molar-refractivity contribution < 1.29 is 14.6 Å². The molecule has 11 heavy (non-hydrogen) atoms. The summed E-state index contributed by atoms with van der Waals surface area (Å²) in [4.78, 5) is 10.5. The normalized spacial score (nSPS) is 38.3. The van der Waals surface area contributed by atoms with Gasteiger partial charge in [0.1, 0.15) is 5.60 Å². The summed E-state index contributed by atoms with van der Waals surface area (Å²) in [6.45, 7) is 5.92. The van der Waals surface area contributed by atoms with E-state index in [0.29, 0.717) is 5.92 Å². The predicted molar refractivity (Wildman–Crippen MR) is 40.4 cm³/mol. The first-order chi connectivity index (χ1) is 5.02. The van der Waals surface area contributed by atoms with E-state index in [0.717, 1.165) is 6.42 Å². The fourth-order valence-electron chi connectivity index (χ4n) is 1.30. The van der Waals surface area contributed by atoms with E-state index >= 15 is 0 Å². The standard InChI is InChI=1S/C8H14O3/c1-4-5(2)8(3)6(11-8)7(9)10/h5-6H,4H2,1-3H3,(H,9,10)/t5-,6+,8+/m0/s1. The predicted octanol–water partition coefficient (Wildman–Crippen LogP) is 1.27. The van der Waals surface area contributed by atoms with Crippen LogP contribution in [0.15, 0.2) is 0 Å². The van der Waals surface area contributed by atoms with Crippen LogP contribution in [0.4, 0.5) is 0 Å². The maximum absolute atomic E-state index is 10.5. The van der Waals surface area contributed by atoms with Gasteiger partial charge in [0.05, 0.1) is 0 Å². The molecule has 0 bridgehead atoms. The van der Waals surface area contributed by atoms with Gasteiger partial charge in [0.2, 0.25) is 0 Å². The topological polar surface area (TPSA) is 49.8 Å². The average Bonchev–Trinajstić information content (AvgIpc) is 2.62. The molecule has 0 aliphatic carbocycles. The van der Waals surface area contributed by atoms with Gasteiger partial charge in [-0.3, -0.25) is 0 Å². The molecule has 1 saturated heterocycles. The van der Waals surface area contributed by atoms with Crippen LogP contribution in [0, 0.1) is 5.92 Å². The number of aliphatic carboxylic acids is 1. The average molecular weight is 158 g/mol. The second kappa shape index (κ2) is 2.48. The molecule has 0 amide bonds. The van der Waals surface area contributed by atoms with Gasteiger partial charge in [-0.2, -0.15) is 0 Å². The lowest BCUT2D eigenvalue weighted by atomic mass is 9.90. The van der Waals surface area contributed by atoms with Crippen molar-refractivity contribution in [1.82, 2.24) is 0 Å². The Labute approximate surface area is 66.4 Å². The van der Waals surface area contributed by atoms with Gasteiger partial charge in [0.25, 0.3) is 0 Å². The Bertz CT molecular complexity index is 178. The molecule has 1 aliphatic rings. The third kappa shape index (κ3) is 1.25. The van der Waals surface area contributed by atoms with Crippen molar-refractivity contribution >= 4 is 5.97 Å². The molecule has 64 valence electrons. The SMILES string of the molecule is CC[C@H](C)[C@@]1(C)O[C@@H]1C(=O)O. The van der Waals surface area contributed by atoms with Gasteiger partial charge in [0, 0.05) is 0 Å². The monoisotopic (exact) mass is 158 g/mol. The molecule has 0 aromatic rings. The van der Waals surface area contributed by atoms with Crippen LogP contribution >= 0.6 is 0 Å². The van der Waals surface area contributed by atoms with Crippen LogP contribution in [-0.2, 0) is 9.53 Å². The van der Waals surface area contributed by atoms with Crippen molar-refractivity contribution in [2.24, 2.45) is 5.92 Å². The van der Waals surface area contributed by atoms with Gasteiger partial charge in [-0.05, 0) is 12.8 Å². The van der Waals surface area contributed by atoms with Gasteiger partial charge >= 0.3 is 5.97 Å². The van der Waals surface area contributed by atoms with Crippen LogP contribution in [0.1, 0.15) is 27.2 Å². The van der Waals surface area contributed by atoms with E-state index in [4.69, 9.17) is 9.84 Å². The summed E-state index contributed by atoms with van der Waals surface area (Å²) in [6.07, 6.45) is 0.387. The first-order valence-electron chi connectivity index (χ1n) is 3.93. The second-order valence-electron chi connectivity index (χ2n) is 3.33. The van der Waals surface area contributed by atoms with Crippen molar-refractivity contribution in [3.63, 3.8) is 0 Å². The zero-order valence-electron chi connectivity index (χ0n) is 7.13. The van der Waals surface area contributed by atoms with Crippen molar-refractivity contribution in [1.29, 1.82) is 0 Å². The minimum atomic E-state index is -0.840. The molecule has 1 aliphatic heterocycles. The summed E-state index contributed by atoms with van der Waals surface area (Å²) in [6, 6.07) is 0. The van der Waals surface area contributed by atoms with Crippen LogP contribution in [0.5, 0.6) is 0 Å². The number of rotatable bonds is 3. The van der Waals surface area contributed by atoms with Crippen LogP contribution in [0.2, 0.25) is 0 Å². The zero-order valence-corrected chi connectivity index (χ0v) is 7.13. The van der Waals surface area contributed by atoms with Gasteiger partial charge in [0.15, 0.2) is 6.10 Å². The Morgan fingerprint density at radius 2 is 2.36 bits per heavy atom. The third-order valence-corrected chi connectivity index (χ3v) is 2.65. The molecule has 1 N–H and O–H groups in total. The highest BCUT2D eigenvalue weighted by molar-refractivity contribution is 5.77. The lowest BCUT2D eigenvalue weighted by Crippen LogP contribution is -2.24. The Balaban J connectivity index is 2.55. The van der Waals surface area contributed by atoms with Crippen molar-refractivity contribution in [3.8, 4) is 0 Å². The maximum Gasteiger partial charge on any atom is 0.335 e. The Morgan fingerprint density at radius 3 is 2.64 bits per heavy atom. The highest BCUT2D eigenvalue weighted by Gasteiger charge is 2.59. The van der Waals surface area contributed by atoms with E-state index in [-0.39, 0.29) is 0 Å². The first kappa shape index (κ1) is 8.53. The highest BCUT2D eigenvalue weighted by atomic mass is 16.6. The molecule has 0 unspecified atom stereocenters.